The first-order valence-corrected chi connectivity index (χ1v) is 18.6. The maximum atomic E-state index is 14.3. The van der Waals surface area contributed by atoms with Gasteiger partial charge in [-0.3, -0.25) is 9.59 Å². The number of aliphatic hydroxyl groups excluding tert-OH is 1. The van der Waals surface area contributed by atoms with Crippen LogP contribution in [0.2, 0.25) is 0 Å². The minimum absolute atomic E-state index is 0.0115. The molecule has 0 aromatic heterocycles. The zero-order chi connectivity index (χ0) is 38.5. The Hall–Kier alpha value is -2.72. The van der Waals surface area contributed by atoms with Crippen LogP contribution >= 0.6 is 0 Å². The van der Waals surface area contributed by atoms with E-state index in [1.54, 1.807) is 33.1 Å². The summed E-state index contributed by atoms with van der Waals surface area (Å²) in [5, 5.41) is 21.4. The number of hydrogen-bond acceptors (Lipinski definition) is 12. The van der Waals surface area contributed by atoms with Crippen molar-refractivity contribution < 1.29 is 47.6 Å². The second-order valence-electron chi connectivity index (χ2n) is 15.7. The standard InChI is InChI=1S/C38H61FN4O9/c1-11-29-38(7)32(42-36(47)52-38)24(5)41-18-21(2)17-37(6,48-10)33(22(3)30(44)23(4)34(46)50-29)51-35-31(45)28(43(8)9)16-27(49-35)20-40-19-25-12-14-26(39)15-13-25/h12-15,21-24,27-29,31-33,35,40-41,45H,11,16-20H2,1-10H3,(H,42,47)/t21-,22+,23?,24-,27?,28?,29-,31?,32-,33-,35+,37-,38-/m1/s1. The number of halogens is 1. The van der Waals surface area contributed by atoms with Crippen LogP contribution in [0.15, 0.2) is 24.3 Å². The third kappa shape index (κ3) is 9.49. The second-order valence-corrected chi connectivity index (χ2v) is 15.7. The van der Waals surface area contributed by atoms with E-state index in [4.69, 9.17) is 23.7 Å². The lowest BCUT2D eigenvalue weighted by Crippen LogP contribution is -2.60. The molecule has 4 rings (SSSR count). The average molecular weight is 737 g/mol. The van der Waals surface area contributed by atoms with Crippen LogP contribution in [0.1, 0.15) is 73.3 Å². The average Bonchev–Trinajstić information content (AvgIpc) is 3.42. The van der Waals surface area contributed by atoms with Crippen LogP contribution < -0.4 is 16.0 Å². The quantitative estimate of drug-likeness (QED) is 0.217. The number of nitrogens with one attached hydrogen (secondary N) is 3. The second kappa shape index (κ2) is 17.6. The fourth-order valence-electron chi connectivity index (χ4n) is 8.13. The minimum Gasteiger partial charge on any atom is -0.458 e. The van der Waals surface area contributed by atoms with Gasteiger partial charge in [-0.25, -0.2) is 9.18 Å². The third-order valence-electron chi connectivity index (χ3n) is 11.3. The van der Waals surface area contributed by atoms with E-state index in [9.17, 15) is 23.9 Å². The molecule has 3 saturated heterocycles. The molecule has 4 N–H and O–H groups in total. The Labute approximate surface area is 308 Å². The Balaban J connectivity index is 1.63. The zero-order valence-electron chi connectivity index (χ0n) is 32.4. The van der Waals surface area contributed by atoms with Gasteiger partial charge in [-0.2, -0.15) is 0 Å². The van der Waals surface area contributed by atoms with Crippen LogP contribution in [-0.4, -0.2) is 122 Å². The molecular weight excluding hydrogens is 675 g/mol. The lowest BCUT2D eigenvalue weighted by molar-refractivity contribution is -0.297. The highest BCUT2D eigenvalue weighted by molar-refractivity contribution is 6.00. The lowest BCUT2D eigenvalue weighted by atomic mass is 9.78. The number of benzene rings is 1. The molecule has 0 radical (unpaired) electrons. The summed E-state index contributed by atoms with van der Waals surface area (Å²) in [5.41, 5.74) is -1.34. The third-order valence-corrected chi connectivity index (χ3v) is 11.3. The van der Waals surface area contributed by atoms with Crippen LogP contribution in [0.3, 0.4) is 0 Å². The van der Waals surface area contributed by atoms with E-state index in [0.717, 1.165) is 5.56 Å². The monoisotopic (exact) mass is 736 g/mol. The molecule has 0 spiro atoms. The number of rotatable bonds is 9. The van der Waals surface area contributed by atoms with Crippen LogP contribution in [0.4, 0.5) is 9.18 Å². The molecule has 3 fully saturated rings. The van der Waals surface area contributed by atoms with Gasteiger partial charge in [0.2, 0.25) is 0 Å². The summed E-state index contributed by atoms with van der Waals surface area (Å²) >= 11 is 0. The first-order valence-electron chi connectivity index (χ1n) is 18.6. The Morgan fingerprint density at radius 1 is 1.10 bits per heavy atom. The fraction of sp³-hybridized carbons (Fsp3) is 0.763. The van der Waals surface area contributed by atoms with Crippen molar-refractivity contribution in [1.82, 2.24) is 20.9 Å². The van der Waals surface area contributed by atoms with Crippen LogP contribution in [0.5, 0.6) is 0 Å². The predicted octanol–water partition coefficient (Wildman–Crippen LogP) is 3.16. The Kier molecular flexibility index (Phi) is 14.2. The van der Waals surface area contributed by atoms with Crippen LogP contribution in [-0.2, 0) is 39.8 Å². The molecule has 3 aliphatic rings. The molecule has 294 valence electrons. The lowest BCUT2D eigenvalue weighted by Gasteiger charge is -2.47. The maximum Gasteiger partial charge on any atom is 0.408 e. The van der Waals surface area contributed by atoms with Crippen molar-refractivity contribution in [2.45, 2.75) is 134 Å². The number of likely N-dealkylation sites (N-methyl/N-ethyl adjacent to an activating group) is 1. The van der Waals surface area contributed by atoms with Crippen molar-refractivity contribution in [1.29, 1.82) is 0 Å². The highest BCUT2D eigenvalue weighted by Gasteiger charge is 2.55. The highest BCUT2D eigenvalue weighted by Crippen LogP contribution is 2.37. The van der Waals surface area contributed by atoms with E-state index < -0.39 is 71.5 Å². The fourth-order valence-corrected chi connectivity index (χ4v) is 8.13. The minimum atomic E-state index is -1.18. The first kappa shape index (κ1) is 42.0. The molecule has 0 saturated carbocycles. The van der Waals surface area contributed by atoms with Gasteiger partial charge in [-0.15, -0.1) is 0 Å². The number of methoxy groups -OCH3 is 1. The summed E-state index contributed by atoms with van der Waals surface area (Å²) < 4.78 is 44.5. The van der Waals surface area contributed by atoms with Crippen molar-refractivity contribution in [2.75, 3.05) is 34.3 Å². The Morgan fingerprint density at radius 2 is 1.77 bits per heavy atom. The summed E-state index contributed by atoms with van der Waals surface area (Å²) in [6.45, 7) is 14.1. The van der Waals surface area contributed by atoms with Crippen molar-refractivity contribution >= 4 is 17.8 Å². The molecule has 52 heavy (non-hydrogen) atoms. The largest absolute Gasteiger partial charge is 0.458 e. The van der Waals surface area contributed by atoms with Crippen LogP contribution in [0, 0.1) is 23.6 Å². The smallest absolute Gasteiger partial charge is 0.408 e. The summed E-state index contributed by atoms with van der Waals surface area (Å²) in [6, 6.07) is 5.16. The molecule has 14 heteroatoms. The van der Waals surface area contributed by atoms with Gasteiger partial charge in [0.1, 0.15) is 23.9 Å². The normalized spacial score (nSPS) is 39.6. The molecule has 1 amide bonds. The number of ether oxygens (including phenoxy) is 5. The number of amides is 1. The van der Waals surface area contributed by atoms with Gasteiger partial charge in [0.25, 0.3) is 0 Å². The van der Waals surface area contributed by atoms with Crippen molar-refractivity contribution in [2.24, 2.45) is 17.8 Å². The van der Waals surface area contributed by atoms with Gasteiger partial charge in [-0.1, -0.05) is 32.9 Å². The van der Waals surface area contributed by atoms with Gasteiger partial charge in [0.05, 0.1) is 23.9 Å². The molecule has 1 aromatic rings. The molecule has 0 bridgehead atoms. The Morgan fingerprint density at radius 3 is 2.38 bits per heavy atom. The number of Topliss-reactive ketones (excluding diaryl/α,β-unsaturated/α-hetero) is 1. The van der Waals surface area contributed by atoms with E-state index >= 15 is 0 Å². The molecule has 3 aliphatic heterocycles. The maximum absolute atomic E-state index is 14.3. The summed E-state index contributed by atoms with van der Waals surface area (Å²) in [7, 11) is 5.33. The van der Waals surface area contributed by atoms with Crippen molar-refractivity contribution in [3.05, 3.63) is 35.6 Å². The van der Waals surface area contributed by atoms with Gasteiger partial charge in [0.15, 0.2) is 17.7 Å². The van der Waals surface area contributed by atoms with E-state index in [1.807, 2.05) is 39.8 Å². The summed E-state index contributed by atoms with van der Waals surface area (Å²) in [5.74, 6) is -3.54. The number of ketones is 1. The molecule has 13 atom stereocenters. The number of carbonyl (C=O) groups is 3. The van der Waals surface area contributed by atoms with Gasteiger partial charge >= 0.3 is 12.1 Å². The molecule has 3 heterocycles. The number of nitrogens with zero attached hydrogens (tertiary/aromatic N) is 1. The molecule has 13 nitrogen and oxygen atoms in total. The SMILES string of the molecule is CC[C@H]1OC(=O)C(C)C(=O)[C@H](C)[C@@H](O[C@@H]2OC(CNCc3ccc(F)cc3)CC(N(C)C)C2O)[C@](C)(OC)C[C@@H](C)CN[C@H](C)[C@H]2NC(=O)O[C@@]21C. The van der Waals surface area contributed by atoms with Gasteiger partial charge in [-0.05, 0) is 91.2 Å². The summed E-state index contributed by atoms with van der Waals surface area (Å²) in [4.78, 5) is 42.4. The Bertz CT molecular complexity index is 1370. The summed E-state index contributed by atoms with van der Waals surface area (Å²) in [6.07, 6.45) is -3.61. The predicted molar refractivity (Wildman–Crippen MR) is 192 cm³/mol. The number of esters is 1. The number of cyclic esters (lactones) is 1. The zero-order valence-corrected chi connectivity index (χ0v) is 32.4. The number of carbonyl (C=O) groups excluding carboxylic acids is 3. The topological polar surface area (TPSA) is 157 Å². The van der Waals surface area contributed by atoms with Crippen molar-refractivity contribution in [3.63, 3.8) is 0 Å². The van der Waals surface area contributed by atoms with Gasteiger partial charge < -0.3 is 49.6 Å². The highest BCUT2D eigenvalue weighted by atomic mass is 19.1. The molecular formula is C38H61FN4O9. The van der Waals surface area contributed by atoms with E-state index in [-0.39, 0.29) is 29.9 Å². The molecule has 1 aromatic carbocycles. The molecule has 4 unspecified atom stereocenters. The van der Waals surface area contributed by atoms with Crippen LogP contribution in [0.25, 0.3) is 0 Å². The number of aliphatic hydroxyl groups is 1. The first-order chi connectivity index (χ1) is 24.4. The molecule has 0 aliphatic carbocycles. The van der Waals surface area contributed by atoms with E-state index in [1.165, 1.54) is 19.1 Å². The number of fused-ring (bicyclic) bond motifs is 1. The van der Waals surface area contributed by atoms with E-state index in [0.29, 0.717) is 38.9 Å². The number of hydrogen-bond donors (Lipinski definition) is 4. The number of alkyl carbamates (subject to hydrolysis) is 1. The van der Waals surface area contributed by atoms with E-state index in [2.05, 4.69) is 22.9 Å². The van der Waals surface area contributed by atoms with Crippen molar-refractivity contribution in [3.8, 4) is 0 Å². The van der Waals surface area contributed by atoms with Gasteiger partial charge in [0, 0.05) is 38.2 Å².